The molecule has 0 aliphatic carbocycles. The van der Waals surface area contributed by atoms with Crippen LogP contribution >= 0.6 is 11.8 Å². The molecule has 12 heavy (non-hydrogen) atoms. The van der Waals surface area contributed by atoms with Crippen LogP contribution in [0.1, 0.15) is 33.1 Å². The Morgan fingerprint density at radius 1 is 1.83 bits per heavy atom. The van der Waals surface area contributed by atoms with Gasteiger partial charge in [0, 0.05) is 5.25 Å². The van der Waals surface area contributed by atoms with Crippen LogP contribution in [0.4, 0.5) is 0 Å². The molecule has 0 aromatic carbocycles. The van der Waals surface area contributed by atoms with Crippen molar-refractivity contribution in [2.75, 3.05) is 0 Å². The van der Waals surface area contributed by atoms with Crippen LogP contribution in [0.3, 0.4) is 0 Å². The third-order valence-electron chi connectivity index (χ3n) is 2.25. The van der Waals surface area contributed by atoms with Gasteiger partial charge in [-0.25, -0.2) is 0 Å². The van der Waals surface area contributed by atoms with Crippen molar-refractivity contribution in [3.05, 3.63) is 0 Å². The number of hydrogen-bond acceptors (Lipinski definition) is 3. The van der Waals surface area contributed by atoms with E-state index in [9.17, 15) is 4.79 Å². The van der Waals surface area contributed by atoms with Crippen LogP contribution in [-0.4, -0.2) is 27.5 Å². The van der Waals surface area contributed by atoms with Gasteiger partial charge in [-0.3, -0.25) is 0 Å². The second-order valence-corrected chi connectivity index (χ2v) is 5.63. The summed E-state index contributed by atoms with van der Waals surface area (Å²) in [6.45, 7) is 3.78. The first kappa shape index (κ1) is 10.1. The van der Waals surface area contributed by atoms with E-state index in [1.54, 1.807) is 18.7 Å². The Hall–Kier alpha value is -0.0200. The molecule has 1 fully saturated rings. The van der Waals surface area contributed by atoms with Gasteiger partial charge in [0.2, 0.25) is 0 Å². The van der Waals surface area contributed by atoms with E-state index in [0.717, 1.165) is 25.5 Å². The first-order chi connectivity index (χ1) is 5.56. The zero-order valence-electron chi connectivity index (χ0n) is 7.62. The average Bonchev–Trinajstić information content (AvgIpc) is 2.32. The van der Waals surface area contributed by atoms with Gasteiger partial charge in [-0.1, -0.05) is 0 Å². The van der Waals surface area contributed by atoms with Gasteiger partial charge in [-0.15, -0.1) is 11.8 Å². The van der Waals surface area contributed by atoms with Crippen LogP contribution in [-0.2, 0) is 4.79 Å². The predicted molar refractivity (Wildman–Crippen MR) is 51.4 cm³/mol. The van der Waals surface area contributed by atoms with Crippen LogP contribution < -0.4 is 0 Å². The fourth-order valence-electron chi connectivity index (χ4n) is 1.58. The number of aliphatic hydroxyl groups excluding tert-OH is 1. The summed E-state index contributed by atoms with van der Waals surface area (Å²) in [7, 11) is 0. The third kappa shape index (κ3) is 2.49. The highest BCUT2D eigenvalue weighted by Gasteiger charge is 2.35. The smallest absolute Gasteiger partial charge is 0.135 e. The van der Waals surface area contributed by atoms with Crippen molar-refractivity contribution in [1.82, 2.24) is 0 Å². The molecular weight excluding hydrogens is 172 g/mol. The molecule has 70 valence electrons. The number of aldehydes is 1. The minimum absolute atomic E-state index is 0.181. The van der Waals surface area contributed by atoms with Gasteiger partial charge in [0.05, 0.1) is 10.9 Å². The highest BCUT2D eigenvalue weighted by atomic mass is 32.2. The lowest BCUT2D eigenvalue weighted by Gasteiger charge is -2.16. The van der Waals surface area contributed by atoms with Crippen LogP contribution in [0.5, 0.6) is 0 Å². The Labute approximate surface area is 77.7 Å². The maximum absolute atomic E-state index is 10.7. The van der Waals surface area contributed by atoms with Gasteiger partial charge in [0.1, 0.15) is 6.29 Å². The molecule has 2 nitrogen and oxygen atoms in total. The normalized spacial score (nSPS) is 38.1. The fraction of sp³-hybridized carbons (Fsp3) is 0.889. The highest BCUT2D eigenvalue weighted by Crippen LogP contribution is 2.43. The van der Waals surface area contributed by atoms with E-state index in [2.05, 4.69) is 0 Å². The molecule has 1 saturated heterocycles. The first-order valence-electron chi connectivity index (χ1n) is 4.38. The molecule has 1 aliphatic heterocycles. The molecule has 0 radical (unpaired) electrons. The standard InChI is InChI=1S/C9H16O2S/c1-7(11)5-8-3-4-9(2,6-10)12-8/h6-8,11H,3-5H2,1-2H3. The molecule has 0 aromatic rings. The van der Waals surface area contributed by atoms with Crippen LogP contribution in [0.25, 0.3) is 0 Å². The molecule has 3 heteroatoms. The van der Waals surface area contributed by atoms with Crippen molar-refractivity contribution < 1.29 is 9.90 Å². The van der Waals surface area contributed by atoms with E-state index in [4.69, 9.17) is 5.11 Å². The van der Waals surface area contributed by atoms with Gasteiger partial charge >= 0.3 is 0 Å². The molecule has 0 saturated carbocycles. The molecule has 0 bridgehead atoms. The summed E-state index contributed by atoms with van der Waals surface area (Å²) in [5, 5.41) is 9.63. The topological polar surface area (TPSA) is 37.3 Å². The van der Waals surface area contributed by atoms with E-state index >= 15 is 0 Å². The number of rotatable bonds is 3. The van der Waals surface area contributed by atoms with Gasteiger partial charge in [-0.05, 0) is 33.1 Å². The van der Waals surface area contributed by atoms with E-state index in [1.165, 1.54) is 0 Å². The molecule has 1 rings (SSSR count). The number of carbonyl (C=O) groups is 1. The van der Waals surface area contributed by atoms with E-state index in [0.29, 0.717) is 5.25 Å². The van der Waals surface area contributed by atoms with Gasteiger partial charge in [-0.2, -0.15) is 0 Å². The van der Waals surface area contributed by atoms with Crippen molar-refractivity contribution in [2.24, 2.45) is 0 Å². The van der Waals surface area contributed by atoms with E-state index in [1.807, 2.05) is 6.92 Å². The molecule has 3 unspecified atom stereocenters. The molecule has 1 N–H and O–H groups in total. The van der Waals surface area contributed by atoms with Gasteiger partial charge < -0.3 is 9.90 Å². The Kier molecular flexibility index (Phi) is 3.18. The van der Waals surface area contributed by atoms with Crippen molar-refractivity contribution in [1.29, 1.82) is 0 Å². The molecule has 3 atom stereocenters. The first-order valence-corrected chi connectivity index (χ1v) is 5.26. The molecule has 1 aliphatic rings. The molecular formula is C9H16O2S. The SMILES string of the molecule is CC(O)CC1CCC(C)(C=O)S1. The third-order valence-corrected chi connectivity index (χ3v) is 3.85. The quantitative estimate of drug-likeness (QED) is 0.684. The summed E-state index contributed by atoms with van der Waals surface area (Å²) in [4.78, 5) is 10.7. The molecule has 0 amide bonds. The van der Waals surface area contributed by atoms with Gasteiger partial charge in [0.25, 0.3) is 0 Å². The lowest BCUT2D eigenvalue weighted by molar-refractivity contribution is -0.109. The zero-order valence-corrected chi connectivity index (χ0v) is 8.43. The Balaban J connectivity index is 2.40. The van der Waals surface area contributed by atoms with E-state index in [-0.39, 0.29) is 10.9 Å². The Bertz CT molecular complexity index is 170. The second-order valence-electron chi connectivity index (χ2n) is 3.79. The number of aliphatic hydroxyl groups is 1. The molecule has 0 aromatic heterocycles. The zero-order chi connectivity index (χ0) is 9.19. The largest absolute Gasteiger partial charge is 0.393 e. The Morgan fingerprint density at radius 2 is 2.50 bits per heavy atom. The van der Waals surface area contributed by atoms with Crippen molar-refractivity contribution in [3.63, 3.8) is 0 Å². The van der Waals surface area contributed by atoms with Gasteiger partial charge in [0.15, 0.2) is 0 Å². The maximum atomic E-state index is 10.7. The lowest BCUT2D eigenvalue weighted by atomic mass is 10.0. The monoisotopic (exact) mass is 188 g/mol. The number of thioether (sulfide) groups is 1. The maximum Gasteiger partial charge on any atom is 0.135 e. The van der Waals surface area contributed by atoms with E-state index < -0.39 is 0 Å². The lowest BCUT2D eigenvalue weighted by Crippen LogP contribution is -2.17. The Morgan fingerprint density at radius 3 is 2.92 bits per heavy atom. The van der Waals surface area contributed by atoms with Crippen molar-refractivity contribution in [3.8, 4) is 0 Å². The predicted octanol–water partition coefficient (Wildman–Crippen LogP) is 1.61. The fourth-order valence-corrected chi connectivity index (χ4v) is 3.24. The second kappa shape index (κ2) is 3.79. The summed E-state index contributed by atoms with van der Waals surface area (Å²) >= 11 is 1.71. The van der Waals surface area contributed by atoms with Crippen LogP contribution in [0, 0.1) is 0 Å². The number of carbonyl (C=O) groups excluding carboxylic acids is 1. The minimum Gasteiger partial charge on any atom is -0.393 e. The highest BCUT2D eigenvalue weighted by molar-refractivity contribution is 8.02. The summed E-state index contributed by atoms with van der Waals surface area (Å²) in [5.74, 6) is 0. The summed E-state index contributed by atoms with van der Waals surface area (Å²) in [5.41, 5.74) is 0. The summed E-state index contributed by atoms with van der Waals surface area (Å²) < 4.78 is -0.181. The number of hydrogen-bond donors (Lipinski definition) is 1. The van der Waals surface area contributed by atoms with Crippen LogP contribution in [0.2, 0.25) is 0 Å². The summed E-state index contributed by atoms with van der Waals surface area (Å²) in [6, 6.07) is 0. The average molecular weight is 188 g/mol. The van der Waals surface area contributed by atoms with Crippen molar-refractivity contribution in [2.45, 2.75) is 49.2 Å². The minimum atomic E-state index is -0.239. The van der Waals surface area contributed by atoms with Crippen molar-refractivity contribution >= 4 is 18.0 Å². The summed E-state index contributed by atoms with van der Waals surface area (Å²) in [6.07, 6.45) is 3.63. The molecule has 1 heterocycles. The van der Waals surface area contributed by atoms with Crippen LogP contribution in [0.15, 0.2) is 0 Å². The molecule has 0 spiro atoms.